The molecule has 1 aromatic carbocycles. The molecule has 1 aliphatic heterocycles. The first-order valence-electron chi connectivity index (χ1n) is 6.98. The first-order valence-corrected chi connectivity index (χ1v) is 6.98. The number of hydrogen-bond donors (Lipinski definition) is 1. The number of aliphatic carboxylic acids is 1. The molecule has 1 aliphatic rings. The molecule has 2 rings (SSSR count). The van der Waals surface area contributed by atoms with Gasteiger partial charge in [-0.1, -0.05) is 6.07 Å². The van der Waals surface area contributed by atoms with Gasteiger partial charge in [-0.05, 0) is 31.9 Å². The molecular formula is C15H18FNO4. The molecule has 1 heterocycles. The van der Waals surface area contributed by atoms with E-state index in [0.717, 1.165) is 0 Å². The van der Waals surface area contributed by atoms with Crippen molar-refractivity contribution in [2.75, 3.05) is 19.7 Å². The molecule has 0 unspecified atom stereocenters. The van der Waals surface area contributed by atoms with Gasteiger partial charge in [0, 0.05) is 13.1 Å². The second-order valence-electron chi connectivity index (χ2n) is 4.98. The summed E-state index contributed by atoms with van der Waals surface area (Å²) >= 11 is 0. The lowest BCUT2D eigenvalue weighted by molar-refractivity contribution is -0.143. The van der Waals surface area contributed by atoms with E-state index in [4.69, 9.17) is 9.84 Å². The number of para-hydroxylation sites is 1. The Morgan fingerprint density at radius 1 is 1.48 bits per heavy atom. The molecule has 0 aliphatic carbocycles. The molecule has 6 heteroatoms. The van der Waals surface area contributed by atoms with E-state index in [-0.39, 0.29) is 30.4 Å². The zero-order chi connectivity index (χ0) is 15.4. The molecule has 1 aromatic rings. The third-order valence-corrected chi connectivity index (χ3v) is 3.54. The Morgan fingerprint density at radius 2 is 2.24 bits per heavy atom. The van der Waals surface area contributed by atoms with Gasteiger partial charge < -0.3 is 14.7 Å². The van der Waals surface area contributed by atoms with Crippen molar-refractivity contribution in [2.24, 2.45) is 5.92 Å². The minimum Gasteiger partial charge on any atom is -0.490 e. The highest BCUT2D eigenvalue weighted by molar-refractivity contribution is 5.97. The molecule has 0 spiro atoms. The van der Waals surface area contributed by atoms with E-state index in [0.29, 0.717) is 19.4 Å². The summed E-state index contributed by atoms with van der Waals surface area (Å²) in [5, 5.41) is 9.07. The smallest absolute Gasteiger partial charge is 0.308 e. The van der Waals surface area contributed by atoms with Crippen LogP contribution in [0.4, 0.5) is 4.39 Å². The predicted molar refractivity (Wildman–Crippen MR) is 73.8 cm³/mol. The van der Waals surface area contributed by atoms with E-state index in [1.807, 2.05) is 0 Å². The van der Waals surface area contributed by atoms with Gasteiger partial charge in [-0.2, -0.15) is 0 Å². The Morgan fingerprint density at radius 3 is 2.90 bits per heavy atom. The fourth-order valence-electron chi connectivity index (χ4n) is 2.50. The van der Waals surface area contributed by atoms with Gasteiger partial charge in [0.25, 0.3) is 5.91 Å². The lowest BCUT2D eigenvalue weighted by atomic mass is 9.97. The summed E-state index contributed by atoms with van der Waals surface area (Å²) in [4.78, 5) is 25.0. The van der Waals surface area contributed by atoms with Gasteiger partial charge in [-0.25, -0.2) is 4.39 Å². The fraction of sp³-hybridized carbons (Fsp3) is 0.467. The largest absolute Gasteiger partial charge is 0.490 e. The van der Waals surface area contributed by atoms with Crippen LogP contribution in [0.5, 0.6) is 5.75 Å². The molecule has 21 heavy (non-hydrogen) atoms. The molecule has 0 bridgehead atoms. The van der Waals surface area contributed by atoms with Crippen molar-refractivity contribution in [2.45, 2.75) is 19.8 Å². The molecule has 0 radical (unpaired) electrons. The third-order valence-electron chi connectivity index (χ3n) is 3.54. The number of ether oxygens (including phenoxy) is 1. The van der Waals surface area contributed by atoms with Crippen LogP contribution in [0.1, 0.15) is 30.1 Å². The number of amides is 1. The normalized spacial score (nSPS) is 18.4. The molecule has 1 atom stereocenters. The minimum atomic E-state index is -0.906. The number of nitrogens with zero attached hydrogens (tertiary/aromatic N) is 1. The van der Waals surface area contributed by atoms with Crippen LogP contribution in [-0.4, -0.2) is 41.6 Å². The van der Waals surface area contributed by atoms with Crippen molar-refractivity contribution in [1.82, 2.24) is 4.90 Å². The van der Waals surface area contributed by atoms with Gasteiger partial charge in [0.05, 0.1) is 18.1 Å². The van der Waals surface area contributed by atoms with Gasteiger partial charge in [-0.3, -0.25) is 9.59 Å². The number of piperidine rings is 1. The summed E-state index contributed by atoms with van der Waals surface area (Å²) in [6, 6.07) is 4.18. The average molecular weight is 295 g/mol. The molecule has 5 nitrogen and oxygen atoms in total. The topological polar surface area (TPSA) is 66.8 Å². The summed E-state index contributed by atoms with van der Waals surface area (Å²) in [7, 11) is 0. The van der Waals surface area contributed by atoms with Crippen LogP contribution < -0.4 is 4.74 Å². The third kappa shape index (κ3) is 3.32. The molecule has 1 fully saturated rings. The number of carbonyl (C=O) groups is 2. The van der Waals surface area contributed by atoms with Crippen molar-refractivity contribution >= 4 is 11.9 Å². The monoisotopic (exact) mass is 295 g/mol. The Hall–Kier alpha value is -2.11. The highest BCUT2D eigenvalue weighted by Gasteiger charge is 2.30. The Labute approximate surface area is 122 Å². The van der Waals surface area contributed by atoms with Crippen molar-refractivity contribution in [3.63, 3.8) is 0 Å². The van der Waals surface area contributed by atoms with Gasteiger partial charge in [0.1, 0.15) is 0 Å². The summed E-state index contributed by atoms with van der Waals surface area (Å²) < 4.78 is 19.0. The Kier molecular flexibility index (Phi) is 4.77. The van der Waals surface area contributed by atoms with Gasteiger partial charge in [-0.15, -0.1) is 0 Å². The Balaban J connectivity index is 2.23. The van der Waals surface area contributed by atoms with Crippen molar-refractivity contribution in [3.05, 3.63) is 29.6 Å². The number of carboxylic acid groups (broad SMARTS) is 1. The maximum absolute atomic E-state index is 13.8. The molecular weight excluding hydrogens is 277 g/mol. The summed E-state index contributed by atoms with van der Waals surface area (Å²) in [5.74, 6) is -2.51. The number of likely N-dealkylation sites (tertiary alicyclic amines) is 1. The quantitative estimate of drug-likeness (QED) is 0.924. The number of carbonyl (C=O) groups excluding carboxylic acids is 1. The number of carboxylic acids is 1. The van der Waals surface area contributed by atoms with E-state index >= 15 is 0 Å². The molecule has 1 N–H and O–H groups in total. The van der Waals surface area contributed by atoms with E-state index in [9.17, 15) is 14.0 Å². The molecule has 1 amide bonds. The lowest BCUT2D eigenvalue weighted by Gasteiger charge is -2.31. The van der Waals surface area contributed by atoms with Crippen LogP contribution in [0.2, 0.25) is 0 Å². The SMILES string of the molecule is CCOc1c(F)cccc1C(=O)N1CCC[C@H](C(=O)O)C1. The zero-order valence-corrected chi connectivity index (χ0v) is 11.8. The minimum absolute atomic E-state index is 0.0672. The van der Waals surface area contributed by atoms with E-state index < -0.39 is 17.7 Å². The summed E-state index contributed by atoms with van der Waals surface area (Å²) in [6.45, 7) is 2.59. The summed E-state index contributed by atoms with van der Waals surface area (Å²) in [6.07, 6.45) is 1.18. The first kappa shape index (κ1) is 15.3. The average Bonchev–Trinajstić information content (AvgIpc) is 2.49. The summed E-state index contributed by atoms with van der Waals surface area (Å²) in [5.41, 5.74) is 0.142. The second kappa shape index (κ2) is 6.56. The second-order valence-corrected chi connectivity index (χ2v) is 4.98. The highest BCUT2D eigenvalue weighted by atomic mass is 19.1. The maximum Gasteiger partial charge on any atom is 0.308 e. The maximum atomic E-state index is 13.8. The van der Waals surface area contributed by atoms with Gasteiger partial charge >= 0.3 is 5.97 Å². The van der Waals surface area contributed by atoms with Crippen LogP contribution in [0.3, 0.4) is 0 Å². The van der Waals surface area contributed by atoms with Crippen LogP contribution in [0.15, 0.2) is 18.2 Å². The van der Waals surface area contributed by atoms with E-state index in [1.54, 1.807) is 6.92 Å². The fourth-order valence-corrected chi connectivity index (χ4v) is 2.50. The van der Waals surface area contributed by atoms with E-state index in [1.165, 1.54) is 23.1 Å². The van der Waals surface area contributed by atoms with Crippen molar-refractivity contribution in [1.29, 1.82) is 0 Å². The number of halogens is 1. The van der Waals surface area contributed by atoms with Crippen LogP contribution >= 0.6 is 0 Å². The van der Waals surface area contributed by atoms with Crippen LogP contribution in [-0.2, 0) is 4.79 Å². The molecule has 1 saturated heterocycles. The van der Waals surface area contributed by atoms with E-state index in [2.05, 4.69) is 0 Å². The van der Waals surface area contributed by atoms with Crippen molar-refractivity contribution < 1.29 is 23.8 Å². The number of rotatable bonds is 4. The van der Waals surface area contributed by atoms with Crippen LogP contribution in [0.25, 0.3) is 0 Å². The lowest BCUT2D eigenvalue weighted by Crippen LogP contribution is -2.42. The first-order chi connectivity index (χ1) is 10.0. The number of benzene rings is 1. The number of hydrogen-bond acceptors (Lipinski definition) is 3. The molecule has 0 saturated carbocycles. The molecule has 114 valence electrons. The van der Waals surface area contributed by atoms with Crippen LogP contribution in [0, 0.1) is 11.7 Å². The highest BCUT2D eigenvalue weighted by Crippen LogP contribution is 2.26. The molecule has 0 aromatic heterocycles. The zero-order valence-electron chi connectivity index (χ0n) is 11.8. The Bertz CT molecular complexity index is 546. The predicted octanol–water partition coefficient (Wildman–Crippen LogP) is 2.16. The van der Waals surface area contributed by atoms with Gasteiger partial charge in [0.15, 0.2) is 11.6 Å². The standard InChI is InChI=1S/C15H18FNO4/c1-2-21-13-11(6-3-7-12(13)16)14(18)17-8-4-5-10(9-17)15(19)20/h3,6-7,10H,2,4-5,8-9H2,1H3,(H,19,20)/t10-/m0/s1. The van der Waals surface area contributed by atoms with Crippen molar-refractivity contribution in [3.8, 4) is 5.75 Å². The van der Waals surface area contributed by atoms with Gasteiger partial charge in [0.2, 0.25) is 0 Å².